The molecule has 1 amide bonds. The van der Waals surface area contributed by atoms with E-state index < -0.39 is 0 Å². The van der Waals surface area contributed by atoms with Crippen LogP contribution >= 0.6 is 23.4 Å². The number of carbonyl (C=O) groups excluding carboxylic acids is 1. The van der Waals surface area contributed by atoms with Gasteiger partial charge in [0.2, 0.25) is 0 Å². The summed E-state index contributed by atoms with van der Waals surface area (Å²) < 4.78 is 5.23. The molecule has 1 fully saturated rings. The number of rotatable bonds is 5. The molecule has 0 saturated carbocycles. The largest absolute Gasteiger partial charge is 0.497 e. The van der Waals surface area contributed by atoms with Crippen molar-refractivity contribution in [2.24, 2.45) is 4.99 Å². The molecule has 1 aliphatic rings. The minimum atomic E-state index is -0.158. The fraction of sp³-hybridized carbons (Fsp3) is 0.120. The lowest BCUT2D eigenvalue weighted by atomic mass is 10.1. The first-order chi connectivity index (χ1) is 15.0. The predicted octanol–water partition coefficient (Wildman–Crippen LogP) is 6.71. The van der Waals surface area contributed by atoms with Gasteiger partial charge in [0.1, 0.15) is 5.75 Å². The topological polar surface area (TPSA) is 41.9 Å². The molecule has 0 aliphatic carbocycles. The molecule has 1 saturated heterocycles. The van der Waals surface area contributed by atoms with Crippen molar-refractivity contribution in [3.8, 4) is 5.75 Å². The Morgan fingerprint density at radius 3 is 2.32 bits per heavy atom. The van der Waals surface area contributed by atoms with Crippen LogP contribution in [0.5, 0.6) is 5.75 Å². The van der Waals surface area contributed by atoms with Gasteiger partial charge in [-0.05, 0) is 72.3 Å². The number of amides is 1. The van der Waals surface area contributed by atoms with E-state index in [2.05, 4.69) is 0 Å². The molecule has 4 nitrogen and oxygen atoms in total. The second-order valence-corrected chi connectivity index (χ2v) is 8.46. The van der Waals surface area contributed by atoms with E-state index in [-0.39, 0.29) is 11.9 Å². The first-order valence-corrected chi connectivity index (χ1v) is 11.0. The average molecular weight is 449 g/mol. The first-order valence-electron chi connectivity index (χ1n) is 9.81. The quantitative estimate of drug-likeness (QED) is 0.407. The minimum absolute atomic E-state index is 0.0661. The number of ether oxygens (including phenoxy) is 1. The Labute approximate surface area is 191 Å². The highest BCUT2D eigenvalue weighted by Gasteiger charge is 2.37. The molecule has 0 bridgehead atoms. The summed E-state index contributed by atoms with van der Waals surface area (Å²) in [5.74, 6) is 0.695. The summed E-state index contributed by atoms with van der Waals surface area (Å²) in [6.07, 6.45) is 1.88. The Morgan fingerprint density at radius 2 is 1.68 bits per heavy atom. The molecule has 1 unspecified atom stereocenters. The van der Waals surface area contributed by atoms with Crippen LogP contribution in [-0.4, -0.2) is 23.1 Å². The minimum Gasteiger partial charge on any atom is -0.497 e. The molecule has 1 aliphatic heterocycles. The van der Waals surface area contributed by atoms with Crippen LogP contribution in [0.1, 0.15) is 24.1 Å². The van der Waals surface area contributed by atoms with E-state index in [0.29, 0.717) is 15.1 Å². The summed E-state index contributed by atoms with van der Waals surface area (Å²) in [6.45, 7) is 2.02. The number of hydrogen-bond acceptors (Lipinski definition) is 4. The normalized spacial score (nSPS) is 17.4. The Morgan fingerprint density at radius 1 is 1.00 bits per heavy atom. The van der Waals surface area contributed by atoms with Crippen molar-refractivity contribution < 1.29 is 9.53 Å². The van der Waals surface area contributed by atoms with E-state index in [1.54, 1.807) is 12.0 Å². The van der Waals surface area contributed by atoms with Crippen LogP contribution in [0.25, 0.3) is 6.08 Å². The Kier molecular flexibility index (Phi) is 6.44. The third-order valence-electron chi connectivity index (χ3n) is 4.97. The van der Waals surface area contributed by atoms with Gasteiger partial charge in [0.25, 0.3) is 5.91 Å². The van der Waals surface area contributed by atoms with E-state index in [4.69, 9.17) is 21.3 Å². The molecule has 4 rings (SSSR count). The molecule has 0 spiro atoms. The van der Waals surface area contributed by atoms with Gasteiger partial charge in [-0.2, -0.15) is 0 Å². The lowest BCUT2D eigenvalue weighted by Crippen LogP contribution is -2.32. The fourth-order valence-corrected chi connectivity index (χ4v) is 4.46. The Bertz CT molecular complexity index is 1130. The number of halogens is 1. The van der Waals surface area contributed by atoms with E-state index in [1.807, 2.05) is 91.9 Å². The van der Waals surface area contributed by atoms with Crippen molar-refractivity contribution >= 4 is 46.2 Å². The monoisotopic (exact) mass is 448 g/mol. The van der Waals surface area contributed by atoms with Crippen molar-refractivity contribution in [2.75, 3.05) is 7.11 Å². The molecule has 0 N–H and O–H groups in total. The second-order valence-electron chi connectivity index (χ2n) is 7.02. The van der Waals surface area contributed by atoms with Gasteiger partial charge in [0, 0.05) is 5.02 Å². The summed E-state index contributed by atoms with van der Waals surface area (Å²) in [5, 5.41) is 1.31. The SMILES string of the molecule is COc1ccc(N=C2SC(=Cc3ccc(Cl)cc3)C(=O)N2C(C)c2ccccc2)cc1. The van der Waals surface area contributed by atoms with Gasteiger partial charge in [-0.1, -0.05) is 54.1 Å². The smallest absolute Gasteiger partial charge is 0.267 e. The molecule has 6 heteroatoms. The van der Waals surface area contributed by atoms with Gasteiger partial charge in [-0.15, -0.1) is 0 Å². The molecule has 1 heterocycles. The van der Waals surface area contributed by atoms with Gasteiger partial charge in [0.15, 0.2) is 5.17 Å². The third-order valence-corrected chi connectivity index (χ3v) is 6.21. The molecule has 0 radical (unpaired) electrons. The van der Waals surface area contributed by atoms with Crippen molar-refractivity contribution in [1.29, 1.82) is 0 Å². The average Bonchev–Trinajstić information content (AvgIpc) is 3.10. The number of methoxy groups -OCH3 is 1. The van der Waals surface area contributed by atoms with Gasteiger partial charge in [-0.3, -0.25) is 9.69 Å². The van der Waals surface area contributed by atoms with Gasteiger partial charge >= 0.3 is 0 Å². The number of nitrogens with zero attached hydrogens (tertiary/aromatic N) is 2. The highest BCUT2D eigenvalue weighted by Crippen LogP contribution is 2.39. The molecule has 1 atom stereocenters. The fourth-order valence-electron chi connectivity index (χ4n) is 3.26. The van der Waals surface area contributed by atoms with Gasteiger partial charge < -0.3 is 4.74 Å². The zero-order chi connectivity index (χ0) is 21.8. The number of thioether (sulfide) groups is 1. The maximum atomic E-state index is 13.4. The van der Waals surface area contributed by atoms with Crippen molar-refractivity contribution in [2.45, 2.75) is 13.0 Å². The molecule has 156 valence electrons. The molecular weight excluding hydrogens is 428 g/mol. The second kappa shape index (κ2) is 9.41. The summed E-state index contributed by atoms with van der Waals surface area (Å²) in [6, 6.07) is 24.7. The third kappa shape index (κ3) is 4.84. The van der Waals surface area contributed by atoms with Crippen LogP contribution in [0, 0.1) is 0 Å². The van der Waals surface area contributed by atoms with E-state index in [9.17, 15) is 4.79 Å². The number of hydrogen-bond donors (Lipinski definition) is 0. The number of aliphatic imine (C=N–C) groups is 1. The van der Waals surface area contributed by atoms with Gasteiger partial charge in [0.05, 0.1) is 23.7 Å². The summed E-state index contributed by atoms with van der Waals surface area (Å²) in [5.41, 5.74) is 2.72. The maximum absolute atomic E-state index is 13.4. The predicted molar refractivity (Wildman–Crippen MR) is 129 cm³/mol. The zero-order valence-electron chi connectivity index (χ0n) is 17.2. The first kappa shape index (κ1) is 21.2. The molecule has 3 aromatic carbocycles. The van der Waals surface area contributed by atoms with Crippen LogP contribution in [0.3, 0.4) is 0 Å². The summed E-state index contributed by atoms with van der Waals surface area (Å²) in [7, 11) is 1.63. The standard InChI is InChI=1S/C25H21ClN2O2S/c1-17(19-6-4-3-5-7-19)28-24(29)23(16-18-8-10-20(26)11-9-18)31-25(28)27-21-12-14-22(30-2)15-13-21/h3-17H,1-2H3. The van der Waals surface area contributed by atoms with Gasteiger partial charge in [-0.25, -0.2) is 4.99 Å². The van der Waals surface area contributed by atoms with Crippen LogP contribution in [0.4, 0.5) is 5.69 Å². The van der Waals surface area contributed by atoms with E-state index >= 15 is 0 Å². The van der Waals surface area contributed by atoms with Crippen molar-refractivity contribution in [3.05, 3.63) is 99.9 Å². The highest BCUT2D eigenvalue weighted by atomic mass is 35.5. The van der Waals surface area contributed by atoms with Crippen LogP contribution in [0.15, 0.2) is 88.8 Å². The molecular formula is C25H21ClN2O2S. The van der Waals surface area contributed by atoms with Crippen molar-refractivity contribution in [3.63, 3.8) is 0 Å². The molecule has 0 aromatic heterocycles. The highest BCUT2D eigenvalue weighted by molar-refractivity contribution is 8.18. The van der Waals surface area contributed by atoms with E-state index in [0.717, 1.165) is 22.6 Å². The lowest BCUT2D eigenvalue weighted by molar-refractivity contribution is -0.123. The lowest BCUT2D eigenvalue weighted by Gasteiger charge is -2.24. The summed E-state index contributed by atoms with van der Waals surface area (Å²) >= 11 is 7.37. The van der Waals surface area contributed by atoms with Crippen LogP contribution in [-0.2, 0) is 4.79 Å². The van der Waals surface area contributed by atoms with Crippen LogP contribution < -0.4 is 4.74 Å². The Balaban J connectivity index is 1.72. The summed E-state index contributed by atoms with van der Waals surface area (Å²) in [4.78, 5) is 20.6. The maximum Gasteiger partial charge on any atom is 0.267 e. The van der Waals surface area contributed by atoms with Crippen LogP contribution in [0.2, 0.25) is 5.02 Å². The molecule has 31 heavy (non-hydrogen) atoms. The number of amidine groups is 1. The number of carbonyl (C=O) groups is 1. The van der Waals surface area contributed by atoms with Crippen molar-refractivity contribution in [1.82, 2.24) is 4.90 Å². The zero-order valence-corrected chi connectivity index (χ0v) is 18.7. The molecule has 3 aromatic rings. The Hall–Kier alpha value is -3.02. The number of benzene rings is 3. The van der Waals surface area contributed by atoms with E-state index in [1.165, 1.54) is 11.8 Å².